The van der Waals surface area contributed by atoms with Gasteiger partial charge in [-0.3, -0.25) is 0 Å². The molecule has 0 aliphatic carbocycles. The summed E-state index contributed by atoms with van der Waals surface area (Å²) in [6, 6.07) is 5.57. The van der Waals surface area contributed by atoms with Crippen LogP contribution in [0.25, 0.3) is 0 Å². The number of piperidine rings is 2. The molecular formula is C22H36N6. The Balaban J connectivity index is 1.50. The number of rotatable bonds is 7. The van der Waals surface area contributed by atoms with Gasteiger partial charge >= 0.3 is 0 Å². The van der Waals surface area contributed by atoms with E-state index in [-0.39, 0.29) is 5.57 Å². The minimum absolute atomic E-state index is 0.228. The average molecular weight is 385 g/mol. The Kier molecular flexibility index (Phi) is 8.01. The smallest absolute Gasteiger partial charge is 0.169 e. The van der Waals surface area contributed by atoms with Crippen molar-refractivity contribution >= 4 is 0 Å². The molecule has 3 aliphatic heterocycles. The van der Waals surface area contributed by atoms with E-state index < -0.39 is 0 Å². The SMILES string of the molecule is CC1CCCN1CCCNC(=C(C#N)C#N)N1CCC(N2CCCCC2)CC1. The number of nitrogens with one attached hydrogen (secondary N) is 1. The molecule has 3 rings (SSSR count). The molecule has 6 heteroatoms. The highest BCUT2D eigenvalue weighted by Gasteiger charge is 2.27. The van der Waals surface area contributed by atoms with Crippen LogP contribution in [-0.4, -0.2) is 72.6 Å². The van der Waals surface area contributed by atoms with E-state index in [1.807, 2.05) is 0 Å². The first-order valence-electron chi connectivity index (χ1n) is 11.2. The Morgan fingerprint density at radius 3 is 2.25 bits per heavy atom. The van der Waals surface area contributed by atoms with Gasteiger partial charge in [-0.2, -0.15) is 10.5 Å². The van der Waals surface area contributed by atoms with E-state index in [0.29, 0.717) is 12.1 Å². The standard InChI is InChI=1S/C22H36N6/c1-19-7-5-13-26(19)14-6-10-25-22(20(17-23)18-24)28-15-8-21(9-16-28)27-11-3-2-4-12-27/h19,21,25H,2-16H2,1H3. The summed E-state index contributed by atoms with van der Waals surface area (Å²) in [6.45, 7) is 9.75. The monoisotopic (exact) mass is 384 g/mol. The summed E-state index contributed by atoms with van der Waals surface area (Å²) in [5, 5.41) is 22.3. The van der Waals surface area contributed by atoms with Gasteiger partial charge in [0.05, 0.1) is 0 Å². The largest absolute Gasteiger partial charge is 0.370 e. The fourth-order valence-electron chi connectivity index (χ4n) is 5.04. The van der Waals surface area contributed by atoms with Crippen LogP contribution in [0, 0.1) is 22.7 Å². The number of nitrogens with zero attached hydrogens (tertiary/aromatic N) is 5. The predicted molar refractivity (Wildman–Crippen MR) is 111 cm³/mol. The van der Waals surface area contributed by atoms with Crippen molar-refractivity contribution < 1.29 is 0 Å². The van der Waals surface area contributed by atoms with E-state index in [4.69, 9.17) is 0 Å². The quantitative estimate of drug-likeness (QED) is 0.538. The lowest BCUT2D eigenvalue weighted by molar-refractivity contribution is 0.102. The summed E-state index contributed by atoms with van der Waals surface area (Å²) in [5.74, 6) is 0.761. The fraction of sp³-hybridized carbons (Fsp3) is 0.818. The van der Waals surface area contributed by atoms with Gasteiger partial charge in [0.25, 0.3) is 0 Å². The average Bonchev–Trinajstić information content (AvgIpc) is 3.16. The summed E-state index contributed by atoms with van der Waals surface area (Å²) in [7, 11) is 0. The Bertz CT molecular complexity index is 585. The molecular weight excluding hydrogens is 348 g/mol. The maximum absolute atomic E-state index is 9.43. The molecule has 3 heterocycles. The van der Waals surface area contributed by atoms with Crippen molar-refractivity contribution in [2.24, 2.45) is 0 Å². The second-order valence-corrected chi connectivity index (χ2v) is 8.57. The zero-order valence-electron chi connectivity index (χ0n) is 17.5. The maximum atomic E-state index is 9.43. The summed E-state index contributed by atoms with van der Waals surface area (Å²) in [4.78, 5) is 7.44. The fourth-order valence-corrected chi connectivity index (χ4v) is 5.04. The molecule has 154 valence electrons. The number of nitriles is 2. The van der Waals surface area contributed by atoms with Gasteiger partial charge < -0.3 is 20.0 Å². The van der Waals surface area contributed by atoms with Crippen LogP contribution in [0.5, 0.6) is 0 Å². The van der Waals surface area contributed by atoms with Crippen LogP contribution >= 0.6 is 0 Å². The van der Waals surface area contributed by atoms with Gasteiger partial charge in [-0.15, -0.1) is 0 Å². The highest BCUT2D eigenvalue weighted by atomic mass is 15.3. The summed E-state index contributed by atoms with van der Waals surface area (Å²) in [5.41, 5.74) is 0.228. The second kappa shape index (κ2) is 10.7. The van der Waals surface area contributed by atoms with Crippen LogP contribution in [0.2, 0.25) is 0 Å². The highest BCUT2D eigenvalue weighted by molar-refractivity contribution is 5.39. The molecule has 0 radical (unpaired) electrons. The molecule has 0 aromatic rings. The molecule has 3 fully saturated rings. The van der Waals surface area contributed by atoms with Crippen molar-refractivity contribution in [2.75, 3.05) is 45.8 Å². The Morgan fingerprint density at radius 1 is 0.929 bits per heavy atom. The third-order valence-electron chi connectivity index (χ3n) is 6.75. The first-order chi connectivity index (χ1) is 13.7. The molecule has 0 aromatic carbocycles. The Labute approximate surface area is 170 Å². The molecule has 3 saturated heterocycles. The van der Waals surface area contributed by atoms with E-state index in [9.17, 15) is 10.5 Å². The molecule has 0 amide bonds. The van der Waals surface area contributed by atoms with Crippen molar-refractivity contribution in [3.8, 4) is 12.1 Å². The number of allylic oxidation sites excluding steroid dienone is 1. The number of likely N-dealkylation sites (tertiary alicyclic amines) is 3. The molecule has 1 atom stereocenters. The van der Waals surface area contributed by atoms with Crippen molar-refractivity contribution in [1.82, 2.24) is 20.0 Å². The first-order valence-corrected chi connectivity index (χ1v) is 11.2. The van der Waals surface area contributed by atoms with Crippen LogP contribution < -0.4 is 5.32 Å². The Hall–Kier alpha value is -1.76. The van der Waals surface area contributed by atoms with Crippen LogP contribution in [0.3, 0.4) is 0 Å². The molecule has 6 nitrogen and oxygen atoms in total. The van der Waals surface area contributed by atoms with Crippen LogP contribution in [0.15, 0.2) is 11.4 Å². The third-order valence-corrected chi connectivity index (χ3v) is 6.75. The highest BCUT2D eigenvalue weighted by Crippen LogP contribution is 2.23. The number of hydrogen-bond acceptors (Lipinski definition) is 6. The van der Waals surface area contributed by atoms with E-state index in [1.54, 1.807) is 0 Å². The van der Waals surface area contributed by atoms with Gasteiger partial charge in [0.1, 0.15) is 18.0 Å². The molecule has 3 aliphatic rings. The molecule has 0 bridgehead atoms. The summed E-state index contributed by atoms with van der Waals surface area (Å²) < 4.78 is 0. The van der Waals surface area contributed by atoms with Gasteiger partial charge in [0.15, 0.2) is 5.57 Å². The predicted octanol–water partition coefficient (Wildman–Crippen LogP) is 2.66. The third kappa shape index (κ3) is 5.40. The van der Waals surface area contributed by atoms with Crippen molar-refractivity contribution in [3.63, 3.8) is 0 Å². The second-order valence-electron chi connectivity index (χ2n) is 8.57. The molecule has 0 spiro atoms. The minimum atomic E-state index is 0.228. The lowest BCUT2D eigenvalue weighted by Crippen LogP contribution is -2.48. The molecule has 1 N–H and O–H groups in total. The number of hydrogen-bond donors (Lipinski definition) is 1. The van der Waals surface area contributed by atoms with Crippen molar-refractivity contribution in [2.45, 2.75) is 70.4 Å². The molecule has 28 heavy (non-hydrogen) atoms. The molecule has 0 aromatic heterocycles. The zero-order valence-corrected chi connectivity index (χ0v) is 17.5. The molecule has 0 saturated carbocycles. The van der Waals surface area contributed by atoms with Crippen LogP contribution in [0.1, 0.15) is 58.3 Å². The van der Waals surface area contributed by atoms with Gasteiger partial charge in [-0.05, 0) is 71.5 Å². The lowest BCUT2D eigenvalue weighted by Gasteiger charge is -2.41. The van der Waals surface area contributed by atoms with E-state index in [2.05, 4.69) is 39.1 Å². The molecule has 1 unspecified atom stereocenters. The van der Waals surface area contributed by atoms with Gasteiger partial charge in [0, 0.05) is 38.3 Å². The van der Waals surface area contributed by atoms with E-state index in [1.165, 1.54) is 51.7 Å². The minimum Gasteiger partial charge on any atom is -0.370 e. The Morgan fingerprint density at radius 2 is 1.64 bits per heavy atom. The van der Waals surface area contributed by atoms with Gasteiger partial charge in [-0.1, -0.05) is 6.42 Å². The van der Waals surface area contributed by atoms with Gasteiger partial charge in [-0.25, -0.2) is 0 Å². The van der Waals surface area contributed by atoms with Crippen LogP contribution in [0.4, 0.5) is 0 Å². The maximum Gasteiger partial charge on any atom is 0.169 e. The summed E-state index contributed by atoms with van der Waals surface area (Å²) >= 11 is 0. The van der Waals surface area contributed by atoms with Crippen LogP contribution in [-0.2, 0) is 0 Å². The van der Waals surface area contributed by atoms with E-state index >= 15 is 0 Å². The van der Waals surface area contributed by atoms with Crippen molar-refractivity contribution in [3.05, 3.63) is 11.4 Å². The van der Waals surface area contributed by atoms with E-state index in [0.717, 1.165) is 51.3 Å². The summed E-state index contributed by atoms with van der Waals surface area (Å²) in [6.07, 6.45) is 9.93. The van der Waals surface area contributed by atoms with Crippen molar-refractivity contribution in [1.29, 1.82) is 10.5 Å². The zero-order chi connectivity index (χ0) is 19.8. The normalized spacial score (nSPS) is 24.5. The topological polar surface area (TPSA) is 69.3 Å². The first kappa shape index (κ1) is 21.0. The lowest BCUT2D eigenvalue weighted by atomic mass is 9.99. The van der Waals surface area contributed by atoms with Gasteiger partial charge in [0.2, 0.25) is 0 Å².